The Morgan fingerprint density at radius 3 is 2.76 bits per heavy atom. The Labute approximate surface area is 97.9 Å². The number of amides is 1. The quantitative estimate of drug-likeness (QED) is 0.591. The van der Waals surface area contributed by atoms with Gasteiger partial charge in [0.2, 0.25) is 0 Å². The molecular formula is C10H16N4O3. The van der Waals surface area contributed by atoms with E-state index in [-0.39, 0.29) is 11.6 Å². The van der Waals surface area contributed by atoms with Crippen molar-refractivity contribution >= 4 is 5.91 Å². The molecule has 1 aromatic heterocycles. The molecule has 0 aliphatic carbocycles. The summed E-state index contributed by atoms with van der Waals surface area (Å²) in [7, 11) is 3.09. The highest BCUT2D eigenvalue weighted by atomic mass is 16.2. The smallest absolute Gasteiger partial charge is 0.328 e. The van der Waals surface area contributed by atoms with Crippen LogP contribution in [0.4, 0.5) is 0 Å². The Balaban J connectivity index is 2.87. The molecule has 0 fully saturated rings. The number of carbonyl (C=O) groups excluding carboxylic acids is 1. The highest BCUT2D eigenvalue weighted by Crippen LogP contribution is 1.86. The van der Waals surface area contributed by atoms with Gasteiger partial charge < -0.3 is 15.6 Å². The van der Waals surface area contributed by atoms with E-state index in [2.05, 4.69) is 15.6 Å². The second-order valence-corrected chi connectivity index (χ2v) is 3.77. The summed E-state index contributed by atoms with van der Waals surface area (Å²) in [6.45, 7) is 2.29. The summed E-state index contributed by atoms with van der Waals surface area (Å²) in [5, 5.41) is 5.55. The largest absolute Gasteiger partial charge is 0.350 e. The van der Waals surface area contributed by atoms with Crippen molar-refractivity contribution in [3.8, 4) is 0 Å². The molecule has 94 valence electrons. The van der Waals surface area contributed by atoms with Crippen molar-refractivity contribution in [2.75, 3.05) is 13.6 Å². The fourth-order valence-electron chi connectivity index (χ4n) is 1.17. The summed E-state index contributed by atoms with van der Waals surface area (Å²) in [6, 6.07) is 0.102. The predicted octanol–water partition coefficient (Wildman–Crippen LogP) is -1.59. The van der Waals surface area contributed by atoms with E-state index in [1.807, 2.05) is 6.92 Å². The average Bonchev–Trinajstić information content (AvgIpc) is 2.32. The minimum Gasteiger partial charge on any atom is -0.350 e. The molecular weight excluding hydrogens is 224 g/mol. The van der Waals surface area contributed by atoms with Crippen LogP contribution in [0, 0.1) is 0 Å². The number of hydrogen-bond donors (Lipinski definition) is 3. The summed E-state index contributed by atoms with van der Waals surface area (Å²) in [6.07, 6.45) is 1.13. The molecule has 1 atom stereocenters. The third kappa shape index (κ3) is 3.04. The van der Waals surface area contributed by atoms with Gasteiger partial charge in [-0.25, -0.2) is 4.79 Å². The Hall–Kier alpha value is -1.89. The van der Waals surface area contributed by atoms with Crippen LogP contribution in [0.25, 0.3) is 0 Å². The van der Waals surface area contributed by atoms with Gasteiger partial charge in [-0.05, 0) is 14.0 Å². The fraction of sp³-hybridized carbons (Fsp3) is 0.500. The Bertz CT molecular complexity index is 517. The first-order valence-corrected chi connectivity index (χ1v) is 5.21. The third-order valence-corrected chi connectivity index (χ3v) is 2.49. The molecule has 0 radical (unpaired) electrons. The van der Waals surface area contributed by atoms with Crippen molar-refractivity contribution < 1.29 is 4.79 Å². The zero-order valence-electron chi connectivity index (χ0n) is 10.0. The maximum atomic E-state index is 11.7. The van der Waals surface area contributed by atoms with E-state index in [0.29, 0.717) is 6.54 Å². The minimum absolute atomic E-state index is 0.0737. The summed E-state index contributed by atoms with van der Waals surface area (Å²) in [5.74, 6) is -0.496. The fourth-order valence-corrected chi connectivity index (χ4v) is 1.17. The molecule has 0 spiro atoms. The van der Waals surface area contributed by atoms with Crippen molar-refractivity contribution in [2.24, 2.45) is 7.05 Å². The van der Waals surface area contributed by atoms with Gasteiger partial charge in [0, 0.05) is 25.8 Å². The van der Waals surface area contributed by atoms with Crippen LogP contribution in [0.3, 0.4) is 0 Å². The van der Waals surface area contributed by atoms with Crippen molar-refractivity contribution in [1.29, 1.82) is 0 Å². The van der Waals surface area contributed by atoms with Crippen LogP contribution in [-0.2, 0) is 7.05 Å². The van der Waals surface area contributed by atoms with E-state index in [1.54, 1.807) is 7.05 Å². The van der Waals surface area contributed by atoms with Crippen LogP contribution in [-0.4, -0.2) is 35.1 Å². The number of H-pyrrole nitrogens is 1. The lowest BCUT2D eigenvalue weighted by molar-refractivity contribution is 0.0948. The molecule has 7 nitrogen and oxygen atoms in total. The van der Waals surface area contributed by atoms with E-state index < -0.39 is 17.2 Å². The van der Waals surface area contributed by atoms with Gasteiger partial charge in [0.05, 0.1) is 0 Å². The van der Waals surface area contributed by atoms with Crippen LogP contribution in [0.5, 0.6) is 0 Å². The molecule has 3 N–H and O–H groups in total. The highest BCUT2D eigenvalue weighted by Gasteiger charge is 2.13. The molecule has 1 rings (SSSR count). The SMILES string of the molecule is CNC(C)CNC(=O)c1c[nH]c(=O)n(C)c1=O. The Morgan fingerprint density at radius 2 is 2.18 bits per heavy atom. The number of aromatic amines is 1. The first kappa shape index (κ1) is 13.2. The molecule has 0 saturated heterocycles. The molecule has 0 aliphatic heterocycles. The average molecular weight is 240 g/mol. The summed E-state index contributed by atoms with van der Waals surface area (Å²) in [4.78, 5) is 36.7. The summed E-state index contributed by atoms with van der Waals surface area (Å²) < 4.78 is 0.858. The van der Waals surface area contributed by atoms with Crippen molar-refractivity contribution in [2.45, 2.75) is 13.0 Å². The van der Waals surface area contributed by atoms with Crippen molar-refractivity contribution in [1.82, 2.24) is 20.2 Å². The van der Waals surface area contributed by atoms with Gasteiger partial charge in [0.15, 0.2) is 0 Å². The van der Waals surface area contributed by atoms with Crippen LogP contribution in [0.1, 0.15) is 17.3 Å². The topological polar surface area (TPSA) is 96.0 Å². The van der Waals surface area contributed by atoms with E-state index in [9.17, 15) is 14.4 Å². The van der Waals surface area contributed by atoms with Gasteiger partial charge in [0.25, 0.3) is 11.5 Å². The van der Waals surface area contributed by atoms with E-state index >= 15 is 0 Å². The summed E-state index contributed by atoms with van der Waals surface area (Å²) >= 11 is 0. The second-order valence-electron chi connectivity index (χ2n) is 3.77. The number of rotatable bonds is 4. The first-order valence-electron chi connectivity index (χ1n) is 5.21. The number of aromatic nitrogens is 2. The van der Waals surface area contributed by atoms with E-state index in [4.69, 9.17) is 0 Å². The van der Waals surface area contributed by atoms with Gasteiger partial charge in [-0.1, -0.05) is 0 Å². The van der Waals surface area contributed by atoms with Crippen LogP contribution < -0.4 is 21.9 Å². The number of likely N-dealkylation sites (N-methyl/N-ethyl adjacent to an activating group) is 1. The molecule has 17 heavy (non-hydrogen) atoms. The van der Waals surface area contributed by atoms with Crippen LogP contribution >= 0.6 is 0 Å². The van der Waals surface area contributed by atoms with Gasteiger partial charge in [-0.3, -0.25) is 14.2 Å². The lowest BCUT2D eigenvalue weighted by atomic mass is 10.3. The second kappa shape index (κ2) is 5.44. The number of carbonyl (C=O) groups is 1. The highest BCUT2D eigenvalue weighted by molar-refractivity contribution is 5.93. The van der Waals surface area contributed by atoms with Crippen molar-refractivity contribution in [3.63, 3.8) is 0 Å². The van der Waals surface area contributed by atoms with Gasteiger partial charge in [-0.2, -0.15) is 0 Å². The maximum absolute atomic E-state index is 11.7. The predicted molar refractivity (Wildman–Crippen MR) is 63.2 cm³/mol. The number of hydrogen-bond acceptors (Lipinski definition) is 4. The molecule has 0 aliphatic rings. The number of nitrogens with one attached hydrogen (secondary N) is 3. The van der Waals surface area contributed by atoms with Gasteiger partial charge in [-0.15, -0.1) is 0 Å². The molecule has 7 heteroatoms. The monoisotopic (exact) mass is 240 g/mol. The maximum Gasteiger partial charge on any atom is 0.328 e. The normalized spacial score (nSPS) is 12.2. The lowest BCUT2D eigenvalue weighted by Crippen LogP contribution is -2.42. The van der Waals surface area contributed by atoms with Crippen molar-refractivity contribution in [3.05, 3.63) is 32.6 Å². The molecule has 1 heterocycles. The van der Waals surface area contributed by atoms with E-state index in [1.165, 1.54) is 7.05 Å². The molecule has 1 amide bonds. The molecule has 0 aromatic carbocycles. The Morgan fingerprint density at radius 1 is 1.53 bits per heavy atom. The van der Waals surface area contributed by atoms with Crippen LogP contribution in [0.15, 0.2) is 15.8 Å². The third-order valence-electron chi connectivity index (χ3n) is 2.49. The zero-order chi connectivity index (χ0) is 13.0. The molecule has 1 unspecified atom stereocenters. The molecule has 0 bridgehead atoms. The lowest BCUT2D eigenvalue weighted by Gasteiger charge is -2.11. The Kier molecular flexibility index (Phi) is 4.22. The van der Waals surface area contributed by atoms with Crippen LogP contribution in [0.2, 0.25) is 0 Å². The number of nitrogens with zero attached hydrogens (tertiary/aromatic N) is 1. The molecule has 1 aromatic rings. The van der Waals surface area contributed by atoms with Gasteiger partial charge in [0.1, 0.15) is 5.56 Å². The van der Waals surface area contributed by atoms with E-state index in [0.717, 1.165) is 10.8 Å². The minimum atomic E-state index is -0.608. The standard InChI is InChI=1S/C10H16N4O3/c1-6(11-2)4-12-8(15)7-5-13-10(17)14(3)9(7)16/h5-6,11H,4H2,1-3H3,(H,12,15)(H,13,17). The zero-order valence-corrected chi connectivity index (χ0v) is 10.0. The summed E-state index contributed by atoms with van der Waals surface area (Å²) in [5.41, 5.74) is -1.23. The van der Waals surface area contributed by atoms with Gasteiger partial charge >= 0.3 is 5.69 Å². The first-order chi connectivity index (χ1) is 7.97. The molecule has 0 saturated carbocycles.